The van der Waals surface area contributed by atoms with E-state index in [1.807, 2.05) is 51.1 Å². The van der Waals surface area contributed by atoms with Crippen LogP contribution in [0.1, 0.15) is 39.2 Å². The van der Waals surface area contributed by atoms with E-state index in [0.29, 0.717) is 19.3 Å². The maximum atomic E-state index is 11.9. The molecule has 4 nitrogen and oxygen atoms in total. The largest absolute Gasteiger partial charge is 0.478 e. The molecule has 0 fully saturated rings. The Hall–Kier alpha value is -2.36. The van der Waals surface area contributed by atoms with Gasteiger partial charge < -0.3 is 10.2 Å². The number of carboxylic acids is 2. The van der Waals surface area contributed by atoms with Gasteiger partial charge in [0, 0.05) is 22.0 Å². The normalized spacial score (nSPS) is 18.5. The van der Waals surface area contributed by atoms with Crippen LogP contribution in [0.2, 0.25) is 0 Å². The van der Waals surface area contributed by atoms with E-state index in [9.17, 15) is 19.8 Å². The first-order valence-electron chi connectivity index (χ1n) is 8.25. The predicted molar refractivity (Wildman–Crippen MR) is 92.7 cm³/mol. The Bertz CT molecular complexity index is 660. The van der Waals surface area contributed by atoms with E-state index in [1.165, 1.54) is 0 Å². The highest BCUT2D eigenvalue weighted by Crippen LogP contribution is 2.49. The molecule has 0 aliphatic heterocycles. The topological polar surface area (TPSA) is 74.6 Å². The van der Waals surface area contributed by atoms with Gasteiger partial charge in [-0.1, -0.05) is 63.3 Å². The minimum atomic E-state index is -1.04. The van der Waals surface area contributed by atoms with Crippen LogP contribution in [0.5, 0.6) is 0 Å². The number of carbonyl (C=O) groups is 2. The van der Waals surface area contributed by atoms with E-state index in [1.54, 1.807) is 12.2 Å². The number of hydrogen-bond acceptors (Lipinski definition) is 2. The molecular formula is C20H24O4. The lowest BCUT2D eigenvalue weighted by molar-refractivity contribution is -0.135. The summed E-state index contributed by atoms with van der Waals surface area (Å²) in [6, 6.07) is 9.70. The number of aliphatic carboxylic acids is 2. The Morgan fingerprint density at radius 3 is 1.75 bits per heavy atom. The van der Waals surface area contributed by atoms with E-state index >= 15 is 0 Å². The molecule has 0 saturated heterocycles. The van der Waals surface area contributed by atoms with Crippen LogP contribution in [-0.2, 0) is 16.0 Å². The van der Waals surface area contributed by atoms with Crippen molar-refractivity contribution in [3.8, 4) is 0 Å². The van der Waals surface area contributed by atoms with E-state index in [-0.39, 0.29) is 11.1 Å². The highest BCUT2D eigenvalue weighted by Gasteiger charge is 2.46. The van der Waals surface area contributed by atoms with Crippen LogP contribution in [-0.4, -0.2) is 22.2 Å². The average Bonchev–Trinajstić information content (AvgIpc) is 2.55. The van der Waals surface area contributed by atoms with Crippen LogP contribution in [0, 0.1) is 10.8 Å². The minimum absolute atomic E-state index is 0.200. The first-order chi connectivity index (χ1) is 11.3. The Kier molecular flexibility index (Phi) is 4.97. The van der Waals surface area contributed by atoms with E-state index in [4.69, 9.17) is 0 Å². The third-order valence-corrected chi connectivity index (χ3v) is 5.08. The summed E-state index contributed by atoms with van der Waals surface area (Å²) in [5.74, 6) is -2.07. The van der Waals surface area contributed by atoms with Crippen LogP contribution >= 0.6 is 0 Å². The Morgan fingerprint density at radius 1 is 0.917 bits per heavy atom. The number of carboxylic acid groups (broad SMARTS) is 2. The summed E-state index contributed by atoms with van der Waals surface area (Å²) in [6.45, 7) is 5.58. The van der Waals surface area contributed by atoms with Gasteiger partial charge in [-0.15, -0.1) is 0 Å². The monoisotopic (exact) mass is 328 g/mol. The van der Waals surface area contributed by atoms with Gasteiger partial charge in [-0.2, -0.15) is 0 Å². The van der Waals surface area contributed by atoms with Crippen molar-refractivity contribution in [1.82, 2.24) is 0 Å². The molecule has 1 aliphatic carbocycles. The van der Waals surface area contributed by atoms with Gasteiger partial charge >= 0.3 is 11.9 Å². The maximum Gasteiger partial charge on any atom is 0.332 e. The lowest BCUT2D eigenvalue weighted by Gasteiger charge is -2.40. The zero-order valence-corrected chi connectivity index (χ0v) is 14.4. The highest BCUT2D eigenvalue weighted by atomic mass is 16.4. The molecule has 1 aromatic carbocycles. The smallest absolute Gasteiger partial charge is 0.332 e. The summed E-state index contributed by atoms with van der Waals surface area (Å²) in [4.78, 5) is 23.8. The maximum absolute atomic E-state index is 11.9. The Balaban J connectivity index is 2.60. The number of rotatable bonds is 6. The van der Waals surface area contributed by atoms with E-state index in [0.717, 1.165) is 5.56 Å². The molecular weight excluding hydrogens is 304 g/mol. The lowest BCUT2D eigenvalue weighted by Crippen LogP contribution is -2.38. The van der Waals surface area contributed by atoms with Crippen molar-refractivity contribution in [3.05, 3.63) is 59.2 Å². The molecule has 0 aromatic heterocycles. The molecule has 2 N–H and O–H groups in total. The van der Waals surface area contributed by atoms with Crippen LogP contribution in [0.15, 0.2) is 53.6 Å². The first-order valence-corrected chi connectivity index (χ1v) is 8.25. The second-order valence-corrected chi connectivity index (χ2v) is 6.68. The molecule has 0 atom stereocenters. The zero-order valence-electron chi connectivity index (χ0n) is 14.4. The van der Waals surface area contributed by atoms with Crippen molar-refractivity contribution >= 4 is 11.9 Å². The van der Waals surface area contributed by atoms with Gasteiger partial charge in [0.1, 0.15) is 0 Å². The molecule has 128 valence electrons. The van der Waals surface area contributed by atoms with Gasteiger partial charge in [-0.25, -0.2) is 9.59 Å². The number of allylic oxidation sites excluding steroid dienone is 2. The molecule has 0 amide bonds. The molecule has 0 spiro atoms. The van der Waals surface area contributed by atoms with Crippen molar-refractivity contribution in [2.75, 3.05) is 0 Å². The molecule has 2 rings (SSSR count). The van der Waals surface area contributed by atoms with Crippen LogP contribution in [0.4, 0.5) is 0 Å². The number of hydrogen-bond donors (Lipinski definition) is 2. The number of benzene rings is 1. The summed E-state index contributed by atoms with van der Waals surface area (Å²) in [5.41, 5.74) is -0.135. The zero-order chi connectivity index (χ0) is 18.0. The molecule has 0 heterocycles. The second-order valence-electron chi connectivity index (χ2n) is 6.68. The summed E-state index contributed by atoms with van der Waals surface area (Å²) in [5, 5.41) is 19.5. The third kappa shape index (κ3) is 3.14. The molecule has 0 unspecified atom stereocenters. The van der Waals surface area contributed by atoms with Crippen molar-refractivity contribution in [2.45, 2.75) is 40.0 Å². The van der Waals surface area contributed by atoms with E-state index < -0.39 is 22.8 Å². The molecule has 0 bridgehead atoms. The molecule has 1 aromatic rings. The predicted octanol–water partition coefficient (Wildman–Crippen LogP) is 4.08. The van der Waals surface area contributed by atoms with Gasteiger partial charge in [0.25, 0.3) is 0 Å². The Labute approximate surface area is 142 Å². The third-order valence-electron chi connectivity index (χ3n) is 5.08. The van der Waals surface area contributed by atoms with Gasteiger partial charge in [0.15, 0.2) is 0 Å². The second kappa shape index (κ2) is 6.63. The molecule has 0 radical (unpaired) electrons. The Morgan fingerprint density at radius 2 is 1.38 bits per heavy atom. The van der Waals surface area contributed by atoms with Crippen molar-refractivity contribution < 1.29 is 19.8 Å². The van der Waals surface area contributed by atoms with Crippen LogP contribution < -0.4 is 0 Å². The SMILES string of the molecule is CCC1(CC)C(C(=O)O)=CC(C)(Cc2ccccc2)C=C1C(=O)O. The van der Waals surface area contributed by atoms with Gasteiger partial charge in [0.2, 0.25) is 0 Å². The summed E-state index contributed by atoms with van der Waals surface area (Å²) >= 11 is 0. The van der Waals surface area contributed by atoms with Gasteiger partial charge in [-0.05, 0) is 24.8 Å². The minimum Gasteiger partial charge on any atom is -0.478 e. The molecule has 1 aliphatic rings. The summed E-state index contributed by atoms with van der Waals surface area (Å²) < 4.78 is 0. The first kappa shape index (κ1) is 18.0. The fraction of sp³-hybridized carbons (Fsp3) is 0.400. The molecule has 4 heteroatoms. The lowest BCUT2D eigenvalue weighted by atomic mass is 9.61. The standard InChI is InChI=1S/C20H24O4/c1-4-20(5-2)15(17(21)22)12-19(3,13-16(20)18(23)24)11-14-9-7-6-8-10-14/h6-10,12-13H,4-5,11H2,1-3H3,(H,21,22)(H,23,24). The average molecular weight is 328 g/mol. The fourth-order valence-electron chi connectivity index (χ4n) is 3.80. The van der Waals surface area contributed by atoms with Crippen LogP contribution in [0.3, 0.4) is 0 Å². The fourth-order valence-corrected chi connectivity index (χ4v) is 3.80. The van der Waals surface area contributed by atoms with Crippen molar-refractivity contribution in [3.63, 3.8) is 0 Å². The quantitative estimate of drug-likeness (QED) is 0.825. The van der Waals surface area contributed by atoms with Gasteiger partial charge in [-0.3, -0.25) is 0 Å². The molecule has 0 saturated carbocycles. The van der Waals surface area contributed by atoms with Crippen LogP contribution in [0.25, 0.3) is 0 Å². The van der Waals surface area contributed by atoms with Crippen molar-refractivity contribution in [2.24, 2.45) is 10.8 Å². The highest BCUT2D eigenvalue weighted by molar-refractivity contribution is 5.97. The van der Waals surface area contributed by atoms with E-state index in [2.05, 4.69) is 0 Å². The molecule has 24 heavy (non-hydrogen) atoms. The summed E-state index contributed by atoms with van der Waals surface area (Å²) in [6.07, 6.45) is 4.96. The van der Waals surface area contributed by atoms with Crippen molar-refractivity contribution in [1.29, 1.82) is 0 Å². The van der Waals surface area contributed by atoms with Gasteiger partial charge in [0.05, 0.1) is 0 Å². The summed E-state index contributed by atoms with van der Waals surface area (Å²) in [7, 11) is 0.